The Morgan fingerprint density at radius 1 is 1.10 bits per heavy atom. The zero-order chi connectivity index (χ0) is 15.4. The molecule has 0 aliphatic rings. The van der Waals surface area contributed by atoms with Gasteiger partial charge in [-0.25, -0.2) is 0 Å². The third kappa shape index (κ3) is 15.2. The van der Waals surface area contributed by atoms with E-state index in [0.717, 1.165) is 0 Å². The minimum Gasteiger partial charge on any atom is -0.850 e. The van der Waals surface area contributed by atoms with Gasteiger partial charge in [-0.2, -0.15) is 11.8 Å². The molecule has 6 heteroatoms. The molecule has 0 heterocycles. The molecule has 0 aliphatic carbocycles. The van der Waals surface area contributed by atoms with Crippen LogP contribution in [0.5, 0.6) is 0 Å². The second kappa shape index (κ2) is 12.4. The Bertz CT molecular complexity index is 402. The van der Waals surface area contributed by atoms with E-state index in [9.17, 15) is 9.79 Å². The fourth-order valence-electron chi connectivity index (χ4n) is 1.81. The molecule has 1 aromatic carbocycles. The van der Waals surface area contributed by atoms with Crippen LogP contribution in [-0.4, -0.2) is 0 Å². The quantitative estimate of drug-likeness (QED) is 0.298. The van der Waals surface area contributed by atoms with Crippen LogP contribution in [0.1, 0.15) is 51.0 Å². The molecule has 2 nitrogen and oxygen atoms in total. The van der Waals surface area contributed by atoms with E-state index in [-0.39, 0.29) is 0 Å². The SMILES string of the molecule is CCCCCCCCc1cccc[c]1[Mo+3].[O-]P([O-])(=S)[S-]. The Balaban J connectivity index is 0.000000621. The van der Waals surface area contributed by atoms with Crippen LogP contribution in [0.3, 0.4) is 0 Å². The molecule has 0 fully saturated rings. The predicted octanol–water partition coefficient (Wildman–Crippen LogP) is 2.24. The second-order valence-electron chi connectivity index (χ2n) is 4.57. The molecular weight excluding hydrogens is 391 g/mol. The van der Waals surface area contributed by atoms with Gasteiger partial charge >= 0.3 is 105 Å². The molecule has 0 saturated carbocycles. The Hall–Kier alpha value is 0.828. The number of aryl methyl sites for hydroxylation is 1. The summed E-state index contributed by atoms with van der Waals surface area (Å²) in [6.07, 6.45) is 9.61. The summed E-state index contributed by atoms with van der Waals surface area (Å²) < 4.78 is 1.46. The van der Waals surface area contributed by atoms with Crippen molar-refractivity contribution in [2.45, 2.75) is 51.9 Å². The summed E-state index contributed by atoms with van der Waals surface area (Å²) in [5, 5.41) is 0. The van der Waals surface area contributed by atoms with Crippen LogP contribution >= 0.6 is 5.69 Å². The molecule has 0 N–H and O–H groups in total. The molecule has 0 radical (unpaired) electrons. The fourth-order valence-corrected chi connectivity index (χ4v) is 2.42. The normalized spacial score (nSPS) is 10.8. The summed E-state index contributed by atoms with van der Waals surface area (Å²) in [5.41, 5.74) is -2.18. The molecule has 0 spiro atoms. The summed E-state index contributed by atoms with van der Waals surface area (Å²) >= 11 is 9.42. The van der Waals surface area contributed by atoms with Crippen molar-refractivity contribution in [3.05, 3.63) is 29.8 Å². The first-order valence-electron chi connectivity index (χ1n) is 6.82. The van der Waals surface area contributed by atoms with Gasteiger partial charge in [0.1, 0.15) is 0 Å². The smallest absolute Gasteiger partial charge is 0.160 e. The van der Waals surface area contributed by atoms with Gasteiger partial charge in [-0.3, -0.25) is 0 Å². The van der Waals surface area contributed by atoms with Crippen molar-refractivity contribution in [3.63, 3.8) is 0 Å². The number of benzene rings is 1. The average Bonchev–Trinajstić information content (AvgIpc) is 2.33. The largest absolute Gasteiger partial charge is 0.850 e. The molecule has 0 aliphatic heterocycles. The summed E-state index contributed by atoms with van der Waals surface area (Å²) in [5.74, 6) is 0. The molecule has 0 saturated heterocycles. The van der Waals surface area contributed by atoms with Gasteiger partial charge in [0.25, 0.3) is 0 Å². The molecular formula is C14H21MoO2PS2. The van der Waals surface area contributed by atoms with Crippen LogP contribution in [0.15, 0.2) is 24.3 Å². The van der Waals surface area contributed by atoms with Crippen molar-refractivity contribution >= 4 is 33.7 Å². The topological polar surface area (TPSA) is 46.1 Å². The van der Waals surface area contributed by atoms with Crippen LogP contribution in [0.2, 0.25) is 0 Å². The molecule has 0 amide bonds. The van der Waals surface area contributed by atoms with Gasteiger partial charge in [-0.1, -0.05) is 0 Å². The number of hydrogen-bond acceptors (Lipinski definition) is 4. The molecule has 20 heavy (non-hydrogen) atoms. The first-order valence-corrected chi connectivity index (χ1v) is 11.5. The Labute approximate surface area is 144 Å². The van der Waals surface area contributed by atoms with Crippen molar-refractivity contribution in [2.24, 2.45) is 0 Å². The van der Waals surface area contributed by atoms with Gasteiger partial charge in [0, 0.05) is 0 Å². The van der Waals surface area contributed by atoms with E-state index in [2.05, 4.69) is 75.1 Å². The summed E-state index contributed by atoms with van der Waals surface area (Å²) in [4.78, 5) is 18.6. The van der Waals surface area contributed by atoms with E-state index in [1.165, 1.54) is 54.5 Å². The van der Waals surface area contributed by atoms with Crippen LogP contribution in [0, 0.1) is 0 Å². The molecule has 0 bridgehead atoms. The summed E-state index contributed by atoms with van der Waals surface area (Å²) in [6.45, 7) is 2.27. The number of rotatable bonds is 7. The maximum absolute atomic E-state index is 9.29. The summed E-state index contributed by atoms with van der Waals surface area (Å²) in [6, 6.07) is 8.77. The molecule has 0 atom stereocenters. The average molecular weight is 412 g/mol. The second-order valence-corrected chi connectivity index (χ2v) is 10.1. The maximum atomic E-state index is 9.29. The van der Waals surface area contributed by atoms with Crippen LogP contribution in [0.25, 0.3) is 0 Å². The van der Waals surface area contributed by atoms with E-state index in [0.29, 0.717) is 0 Å². The van der Waals surface area contributed by atoms with Gasteiger partial charge in [0.2, 0.25) is 0 Å². The van der Waals surface area contributed by atoms with E-state index < -0.39 is 5.69 Å². The summed E-state index contributed by atoms with van der Waals surface area (Å²) in [7, 11) is 0. The van der Waals surface area contributed by atoms with E-state index in [1.54, 1.807) is 0 Å². The molecule has 0 unspecified atom stereocenters. The van der Waals surface area contributed by atoms with E-state index in [1.807, 2.05) is 0 Å². The minimum absolute atomic E-state index is 1.27. The Morgan fingerprint density at radius 2 is 1.60 bits per heavy atom. The molecule has 1 rings (SSSR count). The number of hydrogen-bond donors (Lipinski definition) is 0. The van der Waals surface area contributed by atoms with Crippen molar-refractivity contribution in [2.75, 3.05) is 0 Å². The predicted molar refractivity (Wildman–Crippen MR) is 84.8 cm³/mol. The molecule has 0 aromatic heterocycles. The Kier molecular flexibility index (Phi) is 12.9. The van der Waals surface area contributed by atoms with Crippen LogP contribution in [-0.2, 0) is 50.3 Å². The number of unbranched alkanes of at least 4 members (excludes halogenated alkanes) is 5. The maximum Gasteiger partial charge on any atom is -0.160 e. The van der Waals surface area contributed by atoms with Gasteiger partial charge in [0.15, 0.2) is 0 Å². The van der Waals surface area contributed by atoms with E-state index in [4.69, 9.17) is 0 Å². The fraction of sp³-hybridized carbons (Fsp3) is 0.571. The van der Waals surface area contributed by atoms with Gasteiger partial charge in [-0.05, 0) is 0 Å². The monoisotopic (exact) mass is 414 g/mol. The zero-order valence-corrected chi connectivity index (χ0v) is 16.3. The van der Waals surface area contributed by atoms with Gasteiger partial charge < -0.3 is 27.7 Å². The third-order valence-electron chi connectivity index (χ3n) is 2.77. The first-order chi connectivity index (χ1) is 9.34. The molecule has 112 valence electrons. The standard InChI is InChI=1S/C14H21.Mo.H3O2PS2/c1-2-3-4-5-6-8-11-14-12-9-7-10-13-14;;1-3(2,4)5/h7,9-10,12H,2-6,8,11H2,1H3;;(H3,1,2,4,5)/q;+3;/p-3. The van der Waals surface area contributed by atoms with Crippen LogP contribution in [0.4, 0.5) is 0 Å². The van der Waals surface area contributed by atoms with Crippen molar-refractivity contribution in [1.29, 1.82) is 0 Å². The molecule has 1 aromatic rings. The third-order valence-corrected chi connectivity index (χ3v) is 3.75. The zero-order valence-electron chi connectivity index (χ0n) is 11.7. The first kappa shape index (κ1) is 20.8. The Morgan fingerprint density at radius 3 is 2.15 bits per heavy atom. The van der Waals surface area contributed by atoms with Crippen molar-refractivity contribution < 1.29 is 29.6 Å². The van der Waals surface area contributed by atoms with Gasteiger partial charge in [0.05, 0.1) is 0 Å². The van der Waals surface area contributed by atoms with Crippen LogP contribution < -0.4 is 13.7 Å². The van der Waals surface area contributed by atoms with Crippen molar-refractivity contribution in [3.8, 4) is 0 Å². The minimum atomic E-state index is -3.72. The van der Waals surface area contributed by atoms with Gasteiger partial charge in [-0.15, -0.1) is 0 Å². The van der Waals surface area contributed by atoms with E-state index >= 15 is 0 Å². The van der Waals surface area contributed by atoms with Crippen molar-refractivity contribution in [1.82, 2.24) is 0 Å².